The minimum atomic E-state index is 0.233. The van der Waals surface area contributed by atoms with Crippen molar-refractivity contribution >= 4 is 12.7 Å². The molecule has 0 aromatic heterocycles. The second-order valence-electron chi connectivity index (χ2n) is 6.93. The van der Waals surface area contributed by atoms with Crippen LogP contribution in [-0.2, 0) is 5.41 Å². The minimum Gasteiger partial charge on any atom is -0.0878 e. The van der Waals surface area contributed by atoms with E-state index in [1.807, 2.05) is 0 Å². The van der Waals surface area contributed by atoms with E-state index in [1.165, 1.54) is 55.1 Å². The maximum Gasteiger partial charge on any atom is 0.148 e. The van der Waals surface area contributed by atoms with Gasteiger partial charge in [0.1, 0.15) is 7.28 Å². The Bertz CT molecular complexity index is 663. The van der Waals surface area contributed by atoms with Crippen LogP contribution in [-0.4, -0.2) is 7.28 Å². The first kappa shape index (κ1) is 16.4. The van der Waals surface area contributed by atoms with Gasteiger partial charge in [-0.1, -0.05) is 94.3 Å². The fourth-order valence-corrected chi connectivity index (χ4v) is 4.27. The monoisotopic (exact) mass is 303 g/mol. The van der Waals surface area contributed by atoms with E-state index in [1.54, 1.807) is 11.1 Å². The van der Waals surface area contributed by atoms with Gasteiger partial charge >= 0.3 is 0 Å². The van der Waals surface area contributed by atoms with E-state index in [0.717, 1.165) is 0 Å². The third-order valence-corrected chi connectivity index (χ3v) is 5.54. The lowest BCUT2D eigenvalue weighted by Crippen LogP contribution is -2.27. The van der Waals surface area contributed by atoms with Gasteiger partial charge in [0.2, 0.25) is 0 Å². The quantitative estimate of drug-likeness (QED) is 0.575. The van der Waals surface area contributed by atoms with Crippen molar-refractivity contribution < 1.29 is 0 Å². The third kappa shape index (κ3) is 2.75. The maximum absolute atomic E-state index is 2.46. The maximum atomic E-state index is 2.46. The molecule has 1 aliphatic carbocycles. The van der Waals surface area contributed by atoms with Crippen LogP contribution in [0.4, 0.5) is 0 Å². The molecule has 1 aliphatic rings. The summed E-state index contributed by atoms with van der Waals surface area (Å²) in [6.07, 6.45) is 7.70. The molecule has 0 unspecified atom stereocenters. The van der Waals surface area contributed by atoms with Crippen LogP contribution >= 0.6 is 0 Å². The van der Waals surface area contributed by atoms with Crippen LogP contribution in [0.3, 0.4) is 0 Å². The molecule has 0 N–H and O–H groups in total. The summed E-state index contributed by atoms with van der Waals surface area (Å²) in [5, 5.41) is 0. The van der Waals surface area contributed by atoms with Crippen molar-refractivity contribution in [2.45, 2.75) is 64.6 Å². The number of hydrogen-bond acceptors (Lipinski definition) is 0. The molecule has 0 heterocycles. The SMILES string of the molecule is C[B]c1ccc2c(c1)C(CCCC)(CCCC)c1ccccc1-2. The van der Waals surface area contributed by atoms with Gasteiger partial charge in [0.25, 0.3) is 0 Å². The van der Waals surface area contributed by atoms with Gasteiger partial charge in [-0.25, -0.2) is 0 Å². The Balaban J connectivity index is 2.19. The number of unbranched alkanes of at least 4 members (excludes halogenated alkanes) is 2. The van der Waals surface area contributed by atoms with Crippen LogP contribution in [0.25, 0.3) is 11.1 Å². The summed E-state index contributed by atoms with van der Waals surface area (Å²) in [7, 11) is 2.23. The third-order valence-electron chi connectivity index (χ3n) is 5.54. The Labute approximate surface area is 142 Å². The van der Waals surface area contributed by atoms with Gasteiger partial charge in [-0.15, -0.1) is 0 Å². The lowest BCUT2D eigenvalue weighted by atomic mass is 9.67. The van der Waals surface area contributed by atoms with Crippen LogP contribution in [0, 0.1) is 0 Å². The molecule has 1 heteroatoms. The molecular formula is C22H28B. The fraction of sp³-hybridized carbons (Fsp3) is 0.455. The van der Waals surface area contributed by atoms with Gasteiger partial charge in [0.15, 0.2) is 0 Å². The van der Waals surface area contributed by atoms with E-state index in [4.69, 9.17) is 0 Å². The second kappa shape index (κ2) is 6.95. The van der Waals surface area contributed by atoms with Crippen LogP contribution in [0.15, 0.2) is 42.5 Å². The van der Waals surface area contributed by atoms with Crippen molar-refractivity contribution in [2.75, 3.05) is 0 Å². The highest BCUT2D eigenvalue weighted by Crippen LogP contribution is 2.53. The van der Waals surface area contributed by atoms with Crippen molar-refractivity contribution in [2.24, 2.45) is 0 Å². The molecular weight excluding hydrogens is 275 g/mol. The number of rotatable bonds is 7. The van der Waals surface area contributed by atoms with Crippen LogP contribution in [0.2, 0.25) is 6.82 Å². The molecule has 0 aliphatic heterocycles. The van der Waals surface area contributed by atoms with E-state index in [9.17, 15) is 0 Å². The van der Waals surface area contributed by atoms with Gasteiger partial charge in [-0.2, -0.15) is 0 Å². The number of benzene rings is 2. The summed E-state index contributed by atoms with van der Waals surface area (Å²) in [6.45, 7) is 6.76. The first-order valence-corrected chi connectivity index (χ1v) is 9.30. The highest BCUT2D eigenvalue weighted by molar-refractivity contribution is 6.52. The molecule has 2 aromatic rings. The Morgan fingerprint density at radius 1 is 0.826 bits per heavy atom. The summed E-state index contributed by atoms with van der Waals surface area (Å²) in [4.78, 5) is 0. The molecule has 23 heavy (non-hydrogen) atoms. The average Bonchev–Trinajstić information content (AvgIpc) is 2.88. The van der Waals surface area contributed by atoms with Gasteiger partial charge < -0.3 is 0 Å². The molecule has 1 radical (unpaired) electrons. The predicted molar refractivity (Wildman–Crippen MR) is 103 cm³/mol. The summed E-state index contributed by atoms with van der Waals surface area (Å²) >= 11 is 0. The van der Waals surface area contributed by atoms with Gasteiger partial charge in [-0.3, -0.25) is 0 Å². The van der Waals surface area contributed by atoms with E-state index in [-0.39, 0.29) is 5.41 Å². The molecule has 0 nitrogen and oxygen atoms in total. The van der Waals surface area contributed by atoms with E-state index in [2.05, 4.69) is 70.4 Å². The zero-order chi connectivity index (χ0) is 16.3. The molecule has 0 fully saturated rings. The average molecular weight is 303 g/mol. The Morgan fingerprint density at radius 3 is 2.13 bits per heavy atom. The number of fused-ring (bicyclic) bond motifs is 3. The van der Waals surface area contributed by atoms with Crippen LogP contribution in [0.1, 0.15) is 63.5 Å². The fourth-order valence-electron chi connectivity index (χ4n) is 4.27. The number of hydrogen-bond donors (Lipinski definition) is 0. The lowest BCUT2D eigenvalue weighted by molar-refractivity contribution is 0.414. The molecule has 119 valence electrons. The topological polar surface area (TPSA) is 0 Å². The first-order chi connectivity index (χ1) is 11.3. The van der Waals surface area contributed by atoms with Crippen molar-refractivity contribution in [1.29, 1.82) is 0 Å². The Hall–Kier alpha value is -1.50. The predicted octanol–water partition coefficient (Wildman–Crippen LogP) is 5.71. The first-order valence-electron chi connectivity index (χ1n) is 9.30. The zero-order valence-corrected chi connectivity index (χ0v) is 14.9. The van der Waals surface area contributed by atoms with E-state index in [0.29, 0.717) is 0 Å². The van der Waals surface area contributed by atoms with Crippen molar-refractivity contribution in [1.82, 2.24) is 0 Å². The highest BCUT2D eigenvalue weighted by Gasteiger charge is 2.41. The second-order valence-corrected chi connectivity index (χ2v) is 6.93. The Kier molecular flexibility index (Phi) is 4.94. The summed E-state index contributed by atoms with van der Waals surface area (Å²) in [5.41, 5.74) is 7.68. The van der Waals surface area contributed by atoms with Crippen molar-refractivity contribution in [3.05, 3.63) is 53.6 Å². The summed E-state index contributed by atoms with van der Waals surface area (Å²) in [5.74, 6) is 0. The molecule has 3 rings (SSSR count). The molecule has 0 atom stereocenters. The van der Waals surface area contributed by atoms with Crippen molar-refractivity contribution in [3.8, 4) is 11.1 Å². The van der Waals surface area contributed by atoms with E-state index < -0.39 is 0 Å². The highest BCUT2D eigenvalue weighted by atomic mass is 14.4. The molecule has 0 saturated carbocycles. The van der Waals surface area contributed by atoms with Crippen molar-refractivity contribution in [3.63, 3.8) is 0 Å². The molecule has 2 aromatic carbocycles. The largest absolute Gasteiger partial charge is 0.148 e. The molecule has 0 spiro atoms. The summed E-state index contributed by atoms with van der Waals surface area (Å²) in [6, 6.07) is 16.2. The summed E-state index contributed by atoms with van der Waals surface area (Å²) < 4.78 is 0. The molecule has 0 bridgehead atoms. The normalized spacial score (nSPS) is 14.4. The molecule has 0 amide bonds. The zero-order valence-electron chi connectivity index (χ0n) is 14.9. The van der Waals surface area contributed by atoms with Crippen LogP contribution < -0.4 is 5.46 Å². The standard InChI is InChI=1S/C22H28B/c1-4-6-14-22(15-7-5-2)20-11-9-8-10-18(20)19-13-12-17(23-3)16-21(19)22/h8-13,16H,4-7,14-15H2,1-3H3. The van der Waals surface area contributed by atoms with E-state index >= 15 is 0 Å². The van der Waals surface area contributed by atoms with Gasteiger partial charge in [0, 0.05) is 5.41 Å². The molecule has 0 saturated heterocycles. The Morgan fingerprint density at radius 2 is 1.48 bits per heavy atom. The van der Waals surface area contributed by atoms with Crippen LogP contribution in [0.5, 0.6) is 0 Å². The van der Waals surface area contributed by atoms with Gasteiger partial charge in [0.05, 0.1) is 0 Å². The lowest BCUT2D eigenvalue weighted by Gasteiger charge is -2.33. The smallest absolute Gasteiger partial charge is 0.0878 e. The minimum absolute atomic E-state index is 0.233. The van der Waals surface area contributed by atoms with Gasteiger partial charge in [-0.05, 0) is 35.1 Å².